The molecule has 1 aromatic carbocycles. The first-order chi connectivity index (χ1) is 32.5. The van der Waals surface area contributed by atoms with Crippen molar-refractivity contribution < 1.29 is 63.1 Å². The number of nitrogens with zero attached hydrogens (tertiary/aromatic N) is 7. The summed E-state index contributed by atoms with van der Waals surface area (Å²) in [5.41, 5.74) is 11.8. The molecule has 0 saturated carbocycles. The van der Waals surface area contributed by atoms with Crippen LogP contribution < -0.4 is 43.4 Å². The van der Waals surface area contributed by atoms with E-state index in [2.05, 4.69) is 57.5 Å². The molecule has 2 aliphatic heterocycles. The van der Waals surface area contributed by atoms with E-state index >= 15 is 0 Å². The van der Waals surface area contributed by atoms with Gasteiger partial charge in [0.2, 0.25) is 29.5 Å². The summed E-state index contributed by atoms with van der Waals surface area (Å²) in [6.07, 6.45) is -5.72. The van der Waals surface area contributed by atoms with Gasteiger partial charge in [-0.1, -0.05) is 40.8 Å². The van der Waals surface area contributed by atoms with Gasteiger partial charge in [-0.2, -0.15) is 0 Å². The van der Waals surface area contributed by atoms with Crippen molar-refractivity contribution in [3.05, 3.63) is 59.7 Å². The molecule has 14 N–H and O–H groups in total. The molecule has 6 amide bonds. The Bertz CT molecular complexity index is 2240. The Morgan fingerprint density at radius 2 is 1.60 bits per heavy atom. The molecule has 28 heteroatoms. The summed E-state index contributed by atoms with van der Waals surface area (Å²) >= 11 is 0. The van der Waals surface area contributed by atoms with Crippen LogP contribution in [0.25, 0.3) is 0 Å². The number of aliphatic carboxylic acids is 1. The third-order valence-electron chi connectivity index (χ3n) is 10.8. The number of nitrogens with two attached hydrogens (primary N) is 2. The van der Waals surface area contributed by atoms with Crippen LogP contribution in [0.2, 0.25) is 0 Å². The van der Waals surface area contributed by atoms with Crippen molar-refractivity contribution in [2.24, 2.45) is 16.5 Å². The molecule has 370 valence electrons. The third-order valence-corrected chi connectivity index (χ3v) is 10.8. The lowest BCUT2D eigenvalue weighted by Gasteiger charge is -2.40. The number of carbonyl (C=O) groups excluding carboxylic acids is 6. The second-order valence-corrected chi connectivity index (χ2v) is 16.0. The maximum Gasteiger partial charge on any atom is 0.305 e. The molecule has 2 bridgehead atoms. The fourth-order valence-corrected chi connectivity index (χ4v) is 7.30. The summed E-state index contributed by atoms with van der Waals surface area (Å²) in [4.78, 5) is 95.7. The van der Waals surface area contributed by atoms with Crippen LogP contribution in [0, 0.1) is 0 Å². The smallest absolute Gasteiger partial charge is 0.305 e. The number of fused-ring (bicyclic) bond motifs is 2. The number of carbonyl (C=O) groups is 7. The van der Waals surface area contributed by atoms with Crippen molar-refractivity contribution in [1.29, 1.82) is 0 Å². The molecule has 1 saturated heterocycles. The summed E-state index contributed by atoms with van der Waals surface area (Å²) in [6.45, 7) is -2.25. The van der Waals surface area contributed by atoms with Crippen LogP contribution in [0.3, 0.4) is 0 Å². The van der Waals surface area contributed by atoms with Gasteiger partial charge >= 0.3 is 5.97 Å². The minimum absolute atomic E-state index is 0.0000636. The Morgan fingerprint density at radius 3 is 2.31 bits per heavy atom. The highest BCUT2D eigenvalue weighted by atomic mass is 19.1. The van der Waals surface area contributed by atoms with Crippen LogP contribution in [0.15, 0.2) is 47.7 Å². The number of hydrogen-bond acceptors (Lipinski definition) is 16. The molecular weight excluding hydrogens is 902 g/mol. The van der Waals surface area contributed by atoms with Crippen molar-refractivity contribution in [2.45, 2.75) is 113 Å². The number of carboxylic acids is 1. The zero-order valence-corrected chi connectivity index (χ0v) is 36.6. The summed E-state index contributed by atoms with van der Waals surface area (Å²) in [5.74, 6) is -6.30. The molecule has 0 aliphatic carbocycles. The maximum absolute atomic E-state index is 14.2. The maximum atomic E-state index is 14.2. The van der Waals surface area contributed by atoms with E-state index in [1.54, 1.807) is 30.3 Å². The van der Waals surface area contributed by atoms with Crippen molar-refractivity contribution >= 4 is 47.4 Å². The first-order valence-electron chi connectivity index (χ1n) is 21.6. The molecule has 68 heavy (non-hydrogen) atoms. The van der Waals surface area contributed by atoms with Crippen molar-refractivity contribution in [3.63, 3.8) is 0 Å². The lowest BCUT2D eigenvalue weighted by Crippen LogP contribution is -2.63. The second kappa shape index (κ2) is 25.1. The molecule has 27 nitrogen and oxygen atoms in total. The number of nitrogens with one attached hydrogen (secondary N) is 6. The van der Waals surface area contributed by atoms with Crippen molar-refractivity contribution in [1.82, 2.24) is 61.9 Å². The number of ether oxygens (including phenoxy) is 1. The van der Waals surface area contributed by atoms with E-state index in [4.69, 9.17) is 16.2 Å². The molecule has 1 fully saturated rings. The lowest BCUT2D eigenvalue weighted by atomic mass is 9.94. The predicted octanol–water partition coefficient (Wildman–Crippen LogP) is -5.14. The summed E-state index contributed by atoms with van der Waals surface area (Å²) < 4.78 is 20.8. The number of aliphatic hydroxyl groups is 3. The van der Waals surface area contributed by atoms with Crippen LogP contribution in [0.4, 0.5) is 4.39 Å². The molecule has 0 radical (unpaired) electrons. The number of guanidine groups is 1. The molecule has 2 aromatic heterocycles. The quantitative estimate of drug-likeness (QED) is 0.0304. The Labute approximate surface area is 387 Å². The van der Waals surface area contributed by atoms with Gasteiger partial charge in [-0.05, 0) is 44.1 Å². The van der Waals surface area contributed by atoms with Crippen molar-refractivity contribution in [2.75, 3.05) is 26.2 Å². The number of aliphatic imine (C=N–C) groups is 1. The van der Waals surface area contributed by atoms with Gasteiger partial charge in [0, 0.05) is 19.6 Å². The van der Waals surface area contributed by atoms with E-state index in [0.717, 1.165) is 10.2 Å². The number of rotatable bonds is 19. The summed E-state index contributed by atoms with van der Waals surface area (Å²) in [5, 5.41) is 72.3. The summed E-state index contributed by atoms with van der Waals surface area (Å²) in [7, 11) is 0. The predicted molar refractivity (Wildman–Crippen MR) is 231 cm³/mol. The molecule has 2 unspecified atom stereocenters. The zero-order valence-electron chi connectivity index (χ0n) is 36.6. The third kappa shape index (κ3) is 15.2. The van der Waals surface area contributed by atoms with Crippen LogP contribution in [0.5, 0.6) is 0 Å². The minimum atomic E-state index is -1.85. The lowest BCUT2D eigenvalue weighted by molar-refractivity contribution is -0.219. The number of amides is 6. The molecule has 4 heterocycles. The highest BCUT2D eigenvalue weighted by Gasteiger charge is 2.46. The van der Waals surface area contributed by atoms with Gasteiger partial charge in [0.05, 0.1) is 31.4 Å². The first-order valence-corrected chi connectivity index (χ1v) is 21.6. The van der Waals surface area contributed by atoms with Crippen LogP contribution >= 0.6 is 0 Å². The Morgan fingerprint density at radius 1 is 0.853 bits per heavy atom. The Hall–Kier alpha value is -7.17. The van der Waals surface area contributed by atoms with Crippen LogP contribution in [-0.4, -0.2) is 167 Å². The van der Waals surface area contributed by atoms with E-state index in [0.29, 0.717) is 0 Å². The molecular formula is C40H56FN15O12. The number of hydrogen-bond donors (Lipinski definition) is 12. The summed E-state index contributed by atoms with van der Waals surface area (Å²) in [6, 6.07) is 4.01. The van der Waals surface area contributed by atoms with Gasteiger partial charge in [0.25, 0.3) is 5.91 Å². The first kappa shape index (κ1) is 51.8. The average Bonchev–Trinajstić information content (AvgIpc) is 3.99. The normalized spacial score (nSPS) is 24.7. The van der Waals surface area contributed by atoms with Gasteiger partial charge < -0.3 is 68.5 Å². The van der Waals surface area contributed by atoms with Crippen LogP contribution in [-0.2, 0) is 57.9 Å². The molecule has 5 rings (SSSR count). The number of halogens is 1. The van der Waals surface area contributed by atoms with E-state index in [1.807, 2.05) is 0 Å². The van der Waals surface area contributed by atoms with E-state index in [9.17, 15) is 58.4 Å². The zero-order chi connectivity index (χ0) is 49.3. The van der Waals surface area contributed by atoms with Gasteiger partial charge in [-0.3, -0.25) is 38.6 Å². The molecule has 9 atom stereocenters. The fraction of sp³-hybridized carbons (Fsp3) is 0.550. The van der Waals surface area contributed by atoms with E-state index in [-0.39, 0.29) is 82.1 Å². The SMILES string of the molecule is NC(N)=NCCC[C@@H]1NC(=O)[C@H](CCCCNC(=O)C2O[C@H](CNC(=O)Cn3cc(CF)nn3)[C@@H](O)C(O)[C@@H]2O)n2cc(nn2)[C@H](Cc2ccccc2)NC(=O)[C@H](CC(=O)O)NC(=O)CNC1=O. The fourth-order valence-electron chi connectivity index (χ4n) is 7.30. The van der Waals surface area contributed by atoms with E-state index in [1.165, 1.54) is 17.1 Å². The standard InChI is InChI=1S/C40H56FN15O12/c41-15-22-18-55(53-51-22)20-30(58)46-16-28-32(61)33(62)34(63)35(68-28)39(67)44-11-5-4-10-27-38(66)49-23(9-6-12-45-40(42)43)36(64)47-17-29(57)48-25(14-31(59)60)37(65)50-24(26-19-56(27)54-52-26)13-21-7-2-1-3-8-21/h1-3,7-8,18-19,23-25,27-28,32-35,61-63H,4-6,9-17,20H2,(H,44,67)(H,46,58)(H,47,64)(H,48,57)(H,49,66)(H,50,65)(H,59,60)(H4,42,43,45)/t23-,24-,25-,27-,28+,32+,33?,34-,35?/m0/s1. The number of aromatic nitrogens is 6. The molecule has 3 aromatic rings. The topological polar surface area (TPSA) is 408 Å². The molecule has 0 spiro atoms. The number of alkyl halides is 1. The van der Waals surface area contributed by atoms with Gasteiger partial charge in [0.15, 0.2) is 12.1 Å². The van der Waals surface area contributed by atoms with Gasteiger partial charge in [-0.15, -0.1) is 10.2 Å². The van der Waals surface area contributed by atoms with E-state index < -0.39 is 116 Å². The monoisotopic (exact) mass is 957 g/mol. The highest BCUT2D eigenvalue weighted by Crippen LogP contribution is 2.23. The number of unbranched alkanes of at least 4 members (excludes halogenated alkanes) is 1. The highest BCUT2D eigenvalue weighted by molar-refractivity contribution is 5.94. The number of carboxylic acid groups (broad SMARTS) is 1. The number of aliphatic hydroxyl groups excluding tert-OH is 3. The largest absolute Gasteiger partial charge is 0.481 e. The Kier molecular flexibility index (Phi) is 19.1. The van der Waals surface area contributed by atoms with Gasteiger partial charge in [0.1, 0.15) is 67.1 Å². The number of benzene rings is 1. The van der Waals surface area contributed by atoms with Gasteiger partial charge in [-0.25, -0.2) is 13.8 Å². The van der Waals surface area contributed by atoms with Crippen LogP contribution in [0.1, 0.15) is 67.6 Å². The molecule has 2 aliphatic rings. The average molecular weight is 958 g/mol. The minimum Gasteiger partial charge on any atom is -0.481 e. The Balaban J connectivity index is 1.30. The second-order valence-electron chi connectivity index (χ2n) is 16.0. The van der Waals surface area contributed by atoms with Crippen molar-refractivity contribution in [3.8, 4) is 0 Å².